The molecule has 33 heavy (non-hydrogen) atoms. The second-order valence-electron chi connectivity index (χ2n) is 7.32. The number of benzene rings is 3. The molecule has 1 aliphatic rings. The third-order valence-corrected chi connectivity index (χ3v) is 5.21. The van der Waals surface area contributed by atoms with E-state index in [0.29, 0.717) is 29.4 Å². The molecule has 1 heterocycles. The molecule has 170 valence electrons. The topological polar surface area (TPSA) is 95.1 Å². The van der Waals surface area contributed by atoms with E-state index in [1.807, 2.05) is 36.4 Å². The van der Waals surface area contributed by atoms with E-state index in [4.69, 9.17) is 18.9 Å². The summed E-state index contributed by atoms with van der Waals surface area (Å²) in [5.74, 6) is 1.81. The van der Waals surface area contributed by atoms with E-state index >= 15 is 0 Å². The van der Waals surface area contributed by atoms with Crippen LogP contribution in [0.1, 0.15) is 31.8 Å². The molecule has 0 saturated heterocycles. The standard InChI is InChI=1S/C25H24N2O6/c1-30-19-7-3-16(4-8-19)13-26-24(28)18-6-10-21(31-2)20(12-18)25(29)27-14-17-5-9-22-23(11-17)33-15-32-22/h3-12H,13-15H2,1-2H3,(H,26,28)(H,27,29). The summed E-state index contributed by atoms with van der Waals surface area (Å²) in [7, 11) is 3.08. The van der Waals surface area contributed by atoms with Gasteiger partial charge in [0.2, 0.25) is 6.79 Å². The molecule has 2 N–H and O–H groups in total. The average molecular weight is 448 g/mol. The largest absolute Gasteiger partial charge is 0.497 e. The highest BCUT2D eigenvalue weighted by molar-refractivity contribution is 6.01. The maximum absolute atomic E-state index is 12.9. The monoisotopic (exact) mass is 448 g/mol. The van der Waals surface area contributed by atoms with Gasteiger partial charge in [0.1, 0.15) is 11.5 Å². The molecule has 0 saturated carbocycles. The Morgan fingerprint density at radius 3 is 2.24 bits per heavy atom. The summed E-state index contributed by atoms with van der Waals surface area (Å²) in [5.41, 5.74) is 2.42. The van der Waals surface area contributed by atoms with E-state index in [9.17, 15) is 9.59 Å². The highest BCUT2D eigenvalue weighted by Gasteiger charge is 2.17. The van der Waals surface area contributed by atoms with E-state index < -0.39 is 0 Å². The maximum atomic E-state index is 12.9. The van der Waals surface area contributed by atoms with E-state index in [0.717, 1.165) is 16.9 Å². The van der Waals surface area contributed by atoms with Crippen LogP contribution in [0.15, 0.2) is 60.7 Å². The first-order chi connectivity index (χ1) is 16.1. The number of hydrogen-bond donors (Lipinski definition) is 2. The molecule has 0 aliphatic carbocycles. The van der Waals surface area contributed by atoms with Crippen LogP contribution in [0.5, 0.6) is 23.0 Å². The Bertz CT molecular complexity index is 1160. The van der Waals surface area contributed by atoms with Crippen molar-refractivity contribution in [3.63, 3.8) is 0 Å². The molecule has 0 unspecified atom stereocenters. The van der Waals surface area contributed by atoms with Crippen molar-refractivity contribution < 1.29 is 28.5 Å². The van der Waals surface area contributed by atoms with Gasteiger partial charge < -0.3 is 29.6 Å². The summed E-state index contributed by atoms with van der Waals surface area (Å²) in [5, 5.41) is 5.72. The molecule has 2 amide bonds. The van der Waals surface area contributed by atoms with Crippen LogP contribution >= 0.6 is 0 Å². The molecule has 8 nitrogen and oxygen atoms in total. The highest BCUT2D eigenvalue weighted by Crippen LogP contribution is 2.32. The van der Waals surface area contributed by atoms with Gasteiger partial charge in [-0.1, -0.05) is 18.2 Å². The number of hydrogen-bond acceptors (Lipinski definition) is 6. The number of amides is 2. The first kappa shape index (κ1) is 22.0. The smallest absolute Gasteiger partial charge is 0.255 e. The molecule has 0 spiro atoms. The lowest BCUT2D eigenvalue weighted by Gasteiger charge is -2.12. The van der Waals surface area contributed by atoms with Gasteiger partial charge in [0, 0.05) is 18.7 Å². The molecular formula is C25H24N2O6. The molecule has 0 fully saturated rings. The van der Waals surface area contributed by atoms with Gasteiger partial charge in [-0.25, -0.2) is 0 Å². The van der Waals surface area contributed by atoms with E-state index in [-0.39, 0.29) is 30.7 Å². The van der Waals surface area contributed by atoms with E-state index in [1.54, 1.807) is 25.3 Å². The Morgan fingerprint density at radius 2 is 1.48 bits per heavy atom. The molecule has 3 aromatic carbocycles. The fourth-order valence-electron chi connectivity index (χ4n) is 3.38. The third kappa shape index (κ3) is 5.17. The summed E-state index contributed by atoms with van der Waals surface area (Å²) in [6.45, 7) is 0.822. The van der Waals surface area contributed by atoms with Crippen molar-refractivity contribution >= 4 is 11.8 Å². The number of fused-ring (bicyclic) bond motifs is 1. The van der Waals surface area contributed by atoms with Gasteiger partial charge in [-0.3, -0.25) is 9.59 Å². The molecule has 8 heteroatoms. The lowest BCUT2D eigenvalue weighted by molar-refractivity contribution is 0.0947. The molecule has 4 rings (SSSR count). The van der Waals surface area contributed by atoms with E-state index in [2.05, 4.69) is 10.6 Å². The first-order valence-corrected chi connectivity index (χ1v) is 10.3. The number of carbonyl (C=O) groups excluding carboxylic acids is 2. The fourth-order valence-corrected chi connectivity index (χ4v) is 3.38. The Morgan fingerprint density at radius 1 is 0.788 bits per heavy atom. The van der Waals surface area contributed by atoms with Crippen LogP contribution in [-0.2, 0) is 13.1 Å². The second-order valence-corrected chi connectivity index (χ2v) is 7.32. The average Bonchev–Trinajstić information content (AvgIpc) is 3.33. The van der Waals surface area contributed by atoms with Crippen molar-refractivity contribution in [1.29, 1.82) is 0 Å². The Kier molecular flexibility index (Phi) is 6.64. The number of methoxy groups -OCH3 is 2. The summed E-state index contributed by atoms with van der Waals surface area (Å²) < 4.78 is 21.1. The molecule has 0 bridgehead atoms. The maximum Gasteiger partial charge on any atom is 0.255 e. The lowest BCUT2D eigenvalue weighted by Crippen LogP contribution is -2.26. The van der Waals surface area contributed by atoms with Crippen LogP contribution in [0.2, 0.25) is 0 Å². The van der Waals surface area contributed by atoms with Gasteiger partial charge in [0.15, 0.2) is 11.5 Å². The summed E-state index contributed by atoms with van der Waals surface area (Å²) in [6, 6.07) is 17.7. The minimum absolute atomic E-state index is 0.190. The van der Waals surface area contributed by atoms with Crippen molar-refractivity contribution in [2.24, 2.45) is 0 Å². The second kappa shape index (κ2) is 9.95. The quantitative estimate of drug-likeness (QED) is 0.549. The lowest BCUT2D eigenvalue weighted by atomic mass is 10.1. The van der Waals surface area contributed by atoms with Gasteiger partial charge in [-0.2, -0.15) is 0 Å². The minimum Gasteiger partial charge on any atom is -0.497 e. The van der Waals surface area contributed by atoms with Crippen molar-refractivity contribution in [2.45, 2.75) is 13.1 Å². The van der Waals surface area contributed by atoms with Gasteiger partial charge in [0.25, 0.3) is 11.8 Å². The molecule has 0 radical (unpaired) electrons. The Hall–Kier alpha value is -4.20. The van der Waals surface area contributed by atoms with E-state index in [1.165, 1.54) is 13.2 Å². The molecule has 1 aliphatic heterocycles. The van der Waals surface area contributed by atoms with Crippen LogP contribution in [0, 0.1) is 0 Å². The van der Waals surface area contributed by atoms with Crippen molar-refractivity contribution in [2.75, 3.05) is 21.0 Å². The van der Waals surface area contributed by atoms with Crippen LogP contribution in [0.4, 0.5) is 0 Å². The van der Waals surface area contributed by atoms with Crippen molar-refractivity contribution in [3.05, 3.63) is 82.9 Å². The first-order valence-electron chi connectivity index (χ1n) is 10.3. The number of carbonyl (C=O) groups is 2. The number of nitrogens with one attached hydrogen (secondary N) is 2. The van der Waals surface area contributed by atoms with Crippen LogP contribution in [0.3, 0.4) is 0 Å². The Balaban J connectivity index is 1.41. The fraction of sp³-hybridized carbons (Fsp3) is 0.200. The minimum atomic E-state index is -0.352. The van der Waals surface area contributed by atoms with Gasteiger partial charge in [0.05, 0.1) is 19.8 Å². The number of rotatable bonds is 8. The predicted octanol–water partition coefficient (Wildman–Crippen LogP) is 3.29. The third-order valence-electron chi connectivity index (χ3n) is 5.21. The summed E-state index contributed by atoms with van der Waals surface area (Å²) in [4.78, 5) is 25.5. The van der Waals surface area contributed by atoms with Crippen molar-refractivity contribution in [3.8, 4) is 23.0 Å². The number of ether oxygens (including phenoxy) is 4. The highest BCUT2D eigenvalue weighted by atomic mass is 16.7. The van der Waals surface area contributed by atoms with Gasteiger partial charge >= 0.3 is 0 Å². The van der Waals surface area contributed by atoms with Crippen LogP contribution in [-0.4, -0.2) is 32.8 Å². The Labute approximate surface area is 191 Å². The zero-order valence-electron chi connectivity index (χ0n) is 18.3. The SMILES string of the molecule is COc1ccc(CNC(=O)c2ccc(OC)c(C(=O)NCc3ccc4c(c3)OCO4)c2)cc1. The zero-order valence-corrected chi connectivity index (χ0v) is 18.3. The predicted molar refractivity (Wildman–Crippen MR) is 121 cm³/mol. The van der Waals surface area contributed by atoms with Gasteiger partial charge in [-0.15, -0.1) is 0 Å². The molecule has 0 aromatic heterocycles. The molecule has 3 aromatic rings. The molecule has 0 atom stereocenters. The van der Waals surface area contributed by atoms with Crippen LogP contribution in [0.25, 0.3) is 0 Å². The normalized spacial score (nSPS) is 11.6. The molecular weight excluding hydrogens is 424 g/mol. The zero-order chi connectivity index (χ0) is 23.2. The van der Waals surface area contributed by atoms with Gasteiger partial charge in [-0.05, 0) is 53.6 Å². The summed E-state index contributed by atoms with van der Waals surface area (Å²) in [6.07, 6.45) is 0. The van der Waals surface area contributed by atoms with Crippen LogP contribution < -0.4 is 29.6 Å². The van der Waals surface area contributed by atoms with Crippen molar-refractivity contribution in [1.82, 2.24) is 10.6 Å². The summed E-state index contributed by atoms with van der Waals surface area (Å²) >= 11 is 0.